The molecular weight excluding hydrogens is 232 g/mol. The number of likely N-dealkylation sites (tertiary alicyclic amines) is 1. The standard InChI is InChI=1S/C13H24N2O3/c1-9-6-7-15(8-10(9)2)13(18)14-11(3)4-5-12(16)17/h9-11H,4-8H2,1-3H3,(H,14,18)(H,16,17). The van der Waals surface area contributed by atoms with Crippen LogP contribution in [0.2, 0.25) is 0 Å². The molecule has 5 nitrogen and oxygen atoms in total. The lowest BCUT2D eigenvalue weighted by Crippen LogP contribution is -2.49. The molecule has 0 aromatic rings. The third kappa shape index (κ3) is 4.55. The average Bonchev–Trinajstić information content (AvgIpc) is 2.30. The fourth-order valence-electron chi connectivity index (χ4n) is 2.16. The van der Waals surface area contributed by atoms with E-state index in [2.05, 4.69) is 19.2 Å². The first-order valence-corrected chi connectivity index (χ1v) is 6.67. The molecule has 0 aromatic heterocycles. The molecule has 0 aliphatic carbocycles. The molecule has 18 heavy (non-hydrogen) atoms. The molecule has 1 fully saturated rings. The first-order chi connectivity index (χ1) is 8.40. The van der Waals surface area contributed by atoms with Crippen molar-refractivity contribution in [2.24, 2.45) is 11.8 Å². The Morgan fingerprint density at radius 1 is 1.39 bits per heavy atom. The summed E-state index contributed by atoms with van der Waals surface area (Å²) >= 11 is 0. The molecule has 0 radical (unpaired) electrons. The van der Waals surface area contributed by atoms with E-state index in [1.807, 2.05) is 11.8 Å². The summed E-state index contributed by atoms with van der Waals surface area (Å²) in [6.45, 7) is 7.81. The lowest BCUT2D eigenvalue weighted by atomic mass is 9.89. The van der Waals surface area contributed by atoms with E-state index < -0.39 is 5.97 Å². The number of carboxylic acids is 1. The van der Waals surface area contributed by atoms with Crippen molar-refractivity contribution >= 4 is 12.0 Å². The number of hydrogen-bond acceptors (Lipinski definition) is 2. The first kappa shape index (κ1) is 14.8. The van der Waals surface area contributed by atoms with Crippen LogP contribution in [-0.2, 0) is 4.79 Å². The summed E-state index contributed by atoms with van der Waals surface area (Å²) in [5.74, 6) is 0.369. The molecule has 3 atom stereocenters. The highest BCUT2D eigenvalue weighted by Gasteiger charge is 2.26. The Morgan fingerprint density at radius 3 is 2.61 bits per heavy atom. The Kier molecular flexibility index (Phi) is 5.44. The van der Waals surface area contributed by atoms with Crippen LogP contribution in [0.1, 0.15) is 40.0 Å². The van der Waals surface area contributed by atoms with Gasteiger partial charge in [-0.05, 0) is 31.6 Å². The SMILES string of the molecule is CC(CCC(=O)O)NC(=O)N1CCC(C)C(C)C1. The van der Waals surface area contributed by atoms with Crippen molar-refractivity contribution in [1.82, 2.24) is 10.2 Å². The zero-order valence-electron chi connectivity index (χ0n) is 11.5. The minimum absolute atomic E-state index is 0.0633. The number of nitrogens with zero attached hydrogens (tertiary/aromatic N) is 1. The second-order valence-electron chi connectivity index (χ2n) is 5.47. The summed E-state index contributed by atoms with van der Waals surface area (Å²) in [4.78, 5) is 24.3. The molecule has 1 saturated heterocycles. The zero-order valence-corrected chi connectivity index (χ0v) is 11.5. The fraction of sp³-hybridized carbons (Fsp3) is 0.846. The lowest BCUT2D eigenvalue weighted by Gasteiger charge is -2.35. The number of aliphatic carboxylic acids is 1. The molecule has 1 rings (SSSR count). The minimum Gasteiger partial charge on any atom is -0.481 e. The van der Waals surface area contributed by atoms with Gasteiger partial charge in [-0.25, -0.2) is 4.79 Å². The lowest BCUT2D eigenvalue weighted by molar-refractivity contribution is -0.137. The zero-order chi connectivity index (χ0) is 13.7. The van der Waals surface area contributed by atoms with E-state index in [0.29, 0.717) is 18.3 Å². The number of piperidine rings is 1. The number of hydrogen-bond donors (Lipinski definition) is 2. The summed E-state index contributed by atoms with van der Waals surface area (Å²) in [5.41, 5.74) is 0. The van der Waals surface area contributed by atoms with E-state index in [0.717, 1.165) is 19.5 Å². The molecule has 2 N–H and O–H groups in total. The van der Waals surface area contributed by atoms with Gasteiger partial charge in [-0.15, -0.1) is 0 Å². The number of carbonyl (C=O) groups is 2. The average molecular weight is 256 g/mol. The van der Waals surface area contributed by atoms with Gasteiger partial charge in [0.25, 0.3) is 0 Å². The predicted octanol–water partition coefficient (Wildman–Crippen LogP) is 1.93. The van der Waals surface area contributed by atoms with E-state index in [1.54, 1.807) is 0 Å². The number of amides is 2. The first-order valence-electron chi connectivity index (χ1n) is 6.67. The third-order valence-corrected chi connectivity index (χ3v) is 3.78. The van der Waals surface area contributed by atoms with E-state index in [-0.39, 0.29) is 18.5 Å². The number of rotatable bonds is 4. The van der Waals surface area contributed by atoms with E-state index in [9.17, 15) is 9.59 Å². The number of urea groups is 1. The van der Waals surface area contributed by atoms with Gasteiger partial charge < -0.3 is 15.3 Å². The molecule has 3 unspecified atom stereocenters. The van der Waals surface area contributed by atoms with Gasteiger partial charge in [0.15, 0.2) is 0 Å². The maximum Gasteiger partial charge on any atom is 0.317 e. The Bertz CT molecular complexity index is 307. The summed E-state index contributed by atoms with van der Waals surface area (Å²) in [5, 5.41) is 11.4. The summed E-state index contributed by atoms with van der Waals surface area (Å²) in [6, 6.07) is -0.158. The quantitative estimate of drug-likeness (QED) is 0.807. The van der Waals surface area contributed by atoms with Gasteiger partial charge >= 0.3 is 12.0 Å². The van der Waals surface area contributed by atoms with Gasteiger partial charge in [0.1, 0.15) is 0 Å². The summed E-state index contributed by atoms with van der Waals surface area (Å²) in [7, 11) is 0. The van der Waals surface area contributed by atoms with Crippen LogP contribution >= 0.6 is 0 Å². The second kappa shape index (κ2) is 6.61. The molecule has 104 valence electrons. The smallest absolute Gasteiger partial charge is 0.317 e. The number of nitrogens with one attached hydrogen (secondary N) is 1. The van der Waals surface area contributed by atoms with Gasteiger partial charge in [0, 0.05) is 25.6 Å². The second-order valence-corrected chi connectivity index (χ2v) is 5.47. The normalized spacial score (nSPS) is 25.6. The van der Waals surface area contributed by atoms with Crippen molar-refractivity contribution in [3.63, 3.8) is 0 Å². The Balaban J connectivity index is 2.34. The van der Waals surface area contributed by atoms with Crippen LogP contribution in [0.5, 0.6) is 0 Å². The van der Waals surface area contributed by atoms with Crippen LogP contribution in [0.25, 0.3) is 0 Å². The minimum atomic E-state index is -0.823. The van der Waals surface area contributed by atoms with Crippen molar-refractivity contribution in [3.05, 3.63) is 0 Å². The van der Waals surface area contributed by atoms with Crippen LogP contribution in [0.4, 0.5) is 4.79 Å². The van der Waals surface area contributed by atoms with Gasteiger partial charge in [0.05, 0.1) is 0 Å². The van der Waals surface area contributed by atoms with Crippen LogP contribution in [0.3, 0.4) is 0 Å². The van der Waals surface area contributed by atoms with Crippen LogP contribution in [0, 0.1) is 11.8 Å². The highest BCUT2D eigenvalue weighted by atomic mass is 16.4. The molecular formula is C13H24N2O3. The molecule has 0 saturated carbocycles. The maximum atomic E-state index is 12.0. The number of carboxylic acid groups (broad SMARTS) is 1. The van der Waals surface area contributed by atoms with E-state index >= 15 is 0 Å². The fourth-order valence-corrected chi connectivity index (χ4v) is 2.16. The maximum absolute atomic E-state index is 12.0. The highest BCUT2D eigenvalue weighted by molar-refractivity contribution is 5.74. The molecule has 2 amide bonds. The summed E-state index contributed by atoms with van der Waals surface area (Å²) < 4.78 is 0. The van der Waals surface area contributed by atoms with Gasteiger partial charge in [0.2, 0.25) is 0 Å². The van der Waals surface area contributed by atoms with Crippen molar-refractivity contribution < 1.29 is 14.7 Å². The van der Waals surface area contributed by atoms with Crippen molar-refractivity contribution in [1.29, 1.82) is 0 Å². The monoisotopic (exact) mass is 256 g/mol. The van der Waals surface area contributed by atoms with Crippen molar-refractivity contribution in [3.8, 4) is 0 Å². The van der Waals surface area contributed by atoms with Gasteiger partial charge in [-0.1, -0.05) is 13.8 Å². The molecule has 5 heteroatoms. The van der Waals surface area contributed by atoms with Gasteiger partial charge in [-0.3, -0.25) is 4.79 Å². The third-order valence-electron chi connectivity index (χ3n) is 3.78. The molecule has 0 spiro atoms. The van der Waals surface area contributed by atoms with Crippen molar-refractivity contribution in [2.75, 3.05) is 13.1 Å². The van der Waals surface area contributed by atoms with Crippen LogP contribution < -0.4 is 5.32 Å². The summed E-state index contributed by atoms with van der Waals surface area (Å²) in [6.07, 6.45) is 1.61. The van der Waals surface area contributed by atoms with Crippen LogP contribution in [0.15, 0.2) is 0 Å². The van der Waals surface area contributed by atoms with E-state index in [4.69, 9.17) is 5.11 Å². The Labute approximate surface area is 109 Å². The molecule has 1 aliphatic rings. The molecule has 1 aliphatic heterocycles. The van der Waals surface area contributed by atoms with Crippen LogP contribution in [-0.4, -0.2) is 41.1 Å². The molecule has 0 bridgehead atoms. The molecule has 0 aromatic carbocycles. The predicted molar refractivity (Wildman–Crippen MR) is 69.4 cm³/mol. The van der Waals surface area contributed by atoms with Crippen molar-refractivity contribution in [2.45, 2.75) is 46.1 Å². The van der Waals surface area contributed by atoms with Gasteiger partial charge in [-0.2, -0.15) is 0 Å². The highest BCUT2D eigenvalue weighted by Crippen LogP contribution is 2.22. The topological polar surface area (TPSA) is 69.6 Å². The largest absolute Gasteiger partial charge is 0.481 e. The Hall–Kier alpha value is -1.26. The molecule has 1 heterocycles. The number of carbonyl (C=O) groups excluding carboxylic acids is 1. The van der Waals surface area contributed by atoms with E-state index in [1.165, 1.54) is 0 Å². The Morgan fingerprint density at radius 2 is 2.06 bits per heavy atom.